The SMILES string of the molecule is Cl.NCC1CCCCN1Cc1ccnc(Cl)n1. The predicted octanol–water partition coefficient (Wildman–Crippen LogP) is 1.86. The van der Waals surface area contributed by atoms with Crippen molar-refractivity contribution in [2.45, 2.75) is 31.8 Å². The van der Waals surface area contributed by atoms with Crippen molar-refractivity contribution in [3.8, 4) is 0 Å². The maximum atomic E-state index is 5.78. The van der Waals surface area contributed by atoms with Crippen LogP contribution in [0.25, 0.3) is 0 Å². The molecule has 1 aromatic heterocycles. The monoisotopic (exact) mass is 276 g/mol. The molecule has 0 bridgehead atoms. The van der Waals surface area contributed by atoms with Crippen LogP contribution in [0.2, 0.25) is 5.28 Å². The van der Waals surface area contributed by atoms with Gasteiger partial charge < -0.3 is 5.73 Å². The molecule has 0 radical (unpaired) electrons. The van der Waals surface area contributed by atoms with Crippen molar-refractivity contribution in [1.82, 2.24) is 14.9 Å². The molecule has 6 heteroatoms. The second-order valence-electron chi connectivity index (χ2n) is 4.17. The van der Waals surface area contributed by atoms with E-state index in [2.05, 4.69) is 14.9 Å². The van der Waals surface area contributed by atoms with Crippen molar-refractivity contribution < 1.29 is 0 Å². The molecule has 2 N–H and O–H groups in total. The smallest absolute Gasteiger partial charge is 0.222 e. The Labute approximate surface area is 113 Å². The van der Waals surface area contributed by atoms with Gasteiger partial charge in [-0.15, -0.1) is 12.4 Å². The maximum absolute atomic E-state index is 5.78. The summed E-state index contributed by atoms with van der Waals surface area (Å²) < 4.78 is 0. The third kappa shape index (κ3) is 4.07. The van der Waals surface area contributed by atoms with Crippen molar-refractivity contribution in [2.75, 3.05) is 13.1 Å². The number of likely N-dealkylation sites (tertiary alicyclic amines) is 1. The van der Waals surface area contributed by atoms with Gasteiger partial charge in [-0.2, -0.15) is 0 Å². The maximum Gasteiger partial charge on any atom is 0.222 e. The molecule has 1 atom stereocenters. The highest BCUT2D eigenvalue weighted by Gasteiger charge is 2.21. The molecule has 2 rings (SSSR count). The lowest BCUT2D eigenvalue weighted by molar-refractivity contribution is 0.143. The van der Waals surface area contributed by atoms with E-state index in [1.165, 1.54) is 19.3 Å². The fraction of sp³-hybridized carbons (Fsp3) is 0.636. The summed E-state index contributed by atoms with van der Waals surface area (Å²) in [6.07, 6.45) is 5.42. The highest BCUT2D eigenvalue weighted by atomic mass is 35.5. The molecule has 1 aromatic rings. The summed E-state index contributed by atoms with van der Waals surface area (Å²) in [4.78, 5) is 10.5. The average Bonchev–Trinajstić information content (AvgIpc) is 2.30. The fourth-order valence-electron chi connectivity index (χ4n) is 2.20. The molecule has 2 heterocycles. The van der Waals surface area contributed by atoms with Crippen LogP contribution in [0.3, 0.4) is 0 Å². The van der Waals surface area contributed by atoms with Crippen molar-refractivity contribution in [3.05, 3.63) is 23.2 Å². The Morgan fingerprint density at radius 3 is 3.00 bits per heavy atom. The first-order valence-corrected chi connectivity index (χ1v) is 6.09. The first-order valence-electron chi connectivity index (χ1n) is 5.71. The fourth-order valence-corrected chi connectivity index (χ4v) is 2.37. The van der Waals surface area contributed by atoms with Crippen LogP contribution in [0, 0.1) is 0 Å². The summed E-state index contributed by atoms with van der Waals surface area (Å²) in [5.41, 5.74) is 6.75. The van der Waals surface area contributed by atoms with E-state index < -0.39 is 0 Å². The first-order chi connectivity index (χ1) is 7.79. The van der Waals surface area contributed by atoms with Gasteiger partial charge in [-0.25, -0.2) is 9.97 Å². The van der Waals surface area contributed by atoms with Crippen LogP contribution in [0.15, 0.2) is 12.3 Å². The molecule has 1 unspecified atom stereocenters. The van der Waals surface area contributed by atoms with E-state index >= 15 is 0 Å². The minimum Gasteiger partial charge on any atom is -0.329 e. The summed E-state index contributed by atoms with van der Waals surface area (Å²) in [6.45, 7) is 2.65. The van der Waals surface area contributed by atoms with Crippen LogP contribution in [0.4, 0.5) is 0 Å². The summed E-state index contributed by atoms with van der Waals surface area (Å²) in [5.74, 6) is 0. The molecule has 0 saturated carbocycles. The number of rotatable bonds is 3. The molecular formula is C11H18Cl2N4. The van der Waals surface area contributed by atoms with E-state index in [0.29, 0.717) is 11.3 Å². The van der Waals surface area contributed by atoms with Gasteiger partial charge in [0, 0.05) is 25.3 Å². The van der Waals surface area contributed by atoms with Gasteiger partial charge in [-0.05, 0) is 37.1 Å². The standard InChI is InChI=1S/C11H17ClN4.ClH/c12-11-14-5-4-9(15-11)8-16-6-2-1-3-10(16)7-13;/h4-5,10H,1-3,6-8,13H2;1H. The lowest BCUT2D eigenvalue weighted by atomic mass is 10.0. The quantitative estimate of drug-likeness (QED) is 0.857. The zero-order chi connectivity index (χ0) is 11.4. The third-order valence-corrected chi connectivity index (χ3v) is 3.25. The molecular weight excluding hydrogens is 259 g/mol. The average molecular weight is 277 g/mol. The Morgan fingerprint density at radius 2 is 2.29 bits per heavy atom. The first kappa shape index (κ1) is 14.6. The molecule has 0 amide bonds. The van der Waals surface area contributed by atoms with Gasteiger partial charge in [0.15, 0.2) is 0 Å². The van der Waals surface area contributed by atoms with Crippen molar-refractivity contribution in [1.29, 1.82) is 0 Å². The predicted molar refractivity (Wildman–Crippen MR) is 71.4 cm³/mol. The van der Waals surface area contributed by atoms with Gasteiger partial charge in [0.2, 0.25) is 5.28 Å². The lowest BCUT2D eigenvalue weighted by Crippen LogP contribution is -2.43. The van der Waals surface area contributed by atoms with Crippen molar-refractivity contribution in [2.24, 2.45) is 5.73 Å². The number of halogens is 2. The van der Waals surface area contributed by atoms with E-state index in [4.69, 9.17) is 17.3 Å². The van der Waals surface area contributed by atoms with Crippen LogP contribution < -0.4 is 5.73 Å². The normalized spacial score (nSPS) is 20.9. The Kier molecular flexibility index (Phi) is 6.12. The van der Waals surface area contributed by atoms with E-state index in [1.807, 2.05) is 6.07 Å². The van der Waals surface area contributed by atoms with E-state index in [1.54, 1.807) is 6.20 Å². The van der Waals surface area contributed by atoms with E-state index in [0.717, 1.165) is 25.3 Å². The van der Waals surface area contributed by atoms with Gasteiger partial charge >= 0.3 is 0 Å². The highest BCUT2D eigenvalue weighted by molar-refractivity contribution is 6.28. The molecule has 1 fully saturated rings. The minimum atomic E-state index is 0. The molecule has 1 aliphatic heterocycles. The zero-order valence-corrected chi connectivity index (χ0v) is 11.3. The zero-order valence-electron chi connectivity index (χ0n) is 9.68. The summed E-state index contributed by atoms with van der Waals surface area (Å²) in [7, 11) is 0. The van der Waals surface area contributed by atoms with Gasteiger partial charge in [0.25, 0.3) is 0 Å². The Morgan fingerprint density at radius 1 is 1.47 bits per heavy atom. The van der Waals surface area contributed by atoms with Crippen LogP contribution >= 0.6 is 24.0 Å². The summed E-state index contributed by atoms with van der Waals surface area (Å²) in [6, 6.07) is 2.40. The van der Waals surface area contributed by atoms with Crippen LogP contribution in [-0.2, 0) is 6.54 Å². The summed E-state index contributed by atoms with van der Waals surface area (Å²) >= 11 is 5.77. The van der Waals surface area contributed by atoms with Crippen LogP contribution in [0.5, 0.6) is 0 Å². The second kappa shape index (κ2) is 7.11. The number of nitrogens with two attached hydrogens (primary N) is 1. The number of aromatic nitrogens is 2. The molecule has 4 nitrogen and oxygen atoms in total. The Balaban J connectivity index is 0.00000144. The number of hydrogen-bond acceptors (Lipinski definition) is 4. The lowest BCUT2D eigenvalue weighted by Gasteiger charge is -2.34. The molecule has 1 aliphatic rings. The largest absolute Gasteiger partial charge is 0.329 e. The second-order valence-corrected chi connectivity index (χ2v) is 4.51. The highest BCUT2D eigenvalue weighted by Crippen LogP contribution is 2.18. The molecule has 0 aliphatic carbocycles. The van der Waals surface area contributed by atoms with Crippen LogP contribution in [-0.4, -0.2) is 34.0 Å². The molecule has 0 spiro atoms. The number of hydrogen-bond donors (Lipinski definition) is 1. The Hall–Kier alpha value is -0.420. The summed E-state index contributed by atoms with van der Waals surface area (Å²) in [5, 5.41) is 0.318. The topological polar surface area (TPSA) is 55.0 Å². The van der Waals surface area contributed by atoms with Gasteiger partial charge in [-0.3, -0.25) is 4.90 Å². The molecule has 0 aromatic carbocycles. The third-order valence-electron chi connectivity index (χ3n) is 3.07. The van der Waals surface area contributed by atoms with E-state index in [-0.39, 0.29) is 12.4 Å². The Bertz CT molecular complexity index is 348. The number of piperidine rings is 1. The van der Waals surface area contributed by atoms with Gasteiger partial charge in [0.1, 0.15) is 0 Å². The molecule has 1 saturated heterocycles. The van der Waals surface area contributed by atoms with Crippen molar-refractivity contribution >= 4 is 24.0 Å². The van der Waals surface area contributed by atoms with Gasteiger partial charge in [0.05, 0.1) is 5.69 Å². The van der Waals surface area contributed by atoms with Gasteiger partial charge in [-0.1, -0.05) is 6.42 Å². The molecule has 17 heavy (non-hydrogen) atoms. The number of nitrogens with zero attached hydrogens (tertiary/aromatic N) is 3. The minimum absolute atomic E-state index is 0. The van der Waals surface area contributed by atoms with Crippen LogP contribution in [0.1, 0.15) is 25.0 Å². The van der Waals surface area contributed by atoms with E-state index in [9.17, 15) is 0 Å². The van der Waals surface area contributed by atoms with Crippen molar-refractivity contribution in [3.63, 3.8) is 0 Å². The molecule has 96 valence electrons.